The van der Waals surface area contributed by atoms with Crippen molar-refractivity contribution >= 4 is 5.97 Å². The zero-order valence-electron chi connectivity index (χ0n) is 7.64. The largest absolute Gasteiger partial charge is 0.469 e. The molecule has 0 heterocycles. The maximum Gasteiger partial charge on any atom is 0.311 e. The molecule has 3 aliphatic rings. The number of carbonyl (C=O) groups excluding carboxylic acids is 1. The molecular weight excluding hydrogens is 152 g/mol. The highest BCUT2D eigenvalue weighted by molar-refractivity contribution is 5.77. The van der Waals surface area contributed by atoms with Crippen molar-refractivity contribution in [2.75, 3.05) is 7.11 Å². The summed E-state index contributed by atoms with van der Waals surface area (Å²) in [6.45, 7) is 0. The van der Waals surface area contributed by atoms with Gasteiger partial charge in [-0.25, -0.2) is 0 Å². The fraction of sp³-hybridized carbons (Fsp3) is 0.900. The van der Waals surface area contributed by atoms with Crippen molar-refractivity contribution < 1.29 is 9.53 Å². The predicted octanol–water partition coefficient (Wildman–Crippen LogP) is 2.13. The average molecular weight is 168 g/mol. The maximum atomic E-state index is 11.5. The molecule has 0 aromatic rings. The van der Waals surface area contributed by atoms with Gasteiger partial charge in [0.15, 0.2) is 0 Å². The van der Waals surface area contributed by atoms with Crippen LogP contribution in [0.4, 0.5) is 0 Å². The van der Waals surface area contributed by atoms with E-state index in [4.69, 9.17) is 4.74 Å². The summed E-state index contributed by atoms with van der Waals surface area (Å²) >= 11 is 0. The van der Waals surface area contributed by atoms with Crippen molar-refractivity contribution in [3.63, 3.8) is 0 Å². The Kier molecular flexibility index (Phi) is 1.85. The monoisotopic (exact) mass is 168 g/mol. The topological polar surface area (TPSA) is 26.3 Å². The second-order valence-corrected chi connectivity index (χ2v) is 4.25. The number of rotatable bonds is 1. The molecule has 0 atom stereocenters. The number of carbonyl (C=O) groups is 1. The molecule has 0 aromatic heterocycles. The van der Waals surface area contributed by atoms with Crippen LogP contribution in [0.2, 0.25) is 0 Å². The summed E-state index contributed by atoms with van der Waals surface area (Å²) in [4.78, 5) is 11.5. The molecular formula is C10H16O2. The first-order valence-electron chi connectivity index (χ1n) is 4.85. The van der Waals surface area contributed by atoms with Crippen LogP contribution in [0, 0.1) is 11.3 Å². The number of esters is 1. The Morgan fingerprint density at radius 3 is 2.17 bits per heavy atom. The van der Waals surface area contributed by atoms with E-state index in [0.29, 0.717) is 0 Å². The highest BCUT2D eigenvalue weighted by atomic mass is 16.5. The zero-order valence-corrected chi connectivity index (χ0v) is 7.64. The Balaban J connectivity index is 2.13. The fourth-order valence-corrected chi connectivity index (χ4v) is 2.77. The number of hydrogen-bond donors (Lipinski definition) is 0. The lowest BCUT2D eigenvalue weighted by Crippen LogP contribution is -2.41. The molecule has 0 amide bonds. The fourth-order valence-electron chi connectivity index (χ4n) is 2.77. The van der Waals surface area contributed by atoms with Crippen molar-refractivity contribution in [2.24, 2.45) is 11.3 Å². The molecule has 2 heteroatoms. The molecule has 3 rings (SSSR count). The van der Waals surface area contributed by atoms with Gasteiger partial charge >= 0.3 is 5.97 Å². The Bertz CT molecular complexity index is 176. The minimum Gasteiger partial charge on any atom is -0.469 e. The number of fused-ring (bicyclic) bond motifs is 3. The van der Waals surface area contributed by atoms with Gasteiger partial charge in [-0.2, -0.15) is 0 Å². The van der Waals surface area contributed by atoms with Gasteiger partial charge in [-0.05, 0) is 44.4 Å². The number of ether oxygens (including phenoxy) is 1. The summed E-state index contributed by atoms with van der Waals surface area (Å²) in [6, 6.07) is 0. The standard InChI is InChI=1S/C10H16O2/c1-12-9(11)10-5-2-8(3-6-10)4-7-10/h8H,2-7H2,1H3. The predicted molar refractivity (Wildman–Crippen MR) is 45.6 cm³/mol. The molecule has 12 heavy (non-hydrogen) atoms. The average Bonchev–Trinajstić information content (AvgIpc) is 2.19. The van der Waals surface area contributed by atoms with Gasteiger partial charge in [-0.1, -0.05) is 0 Å². The molecule has 3 aliphatic carbocycles. The van der Waals surface area contributed by atoms with E-state index in [2.05, 4.69) is 0 Å². The third kappa shape index (κ3) is 1.05. The lowest BCUT2D eigenvalue weighted by Gasteiger charge is -2.44. The molecule has 68 valence electrons. The van der Waals surface area contributed by atoms with Crippen LogP contribution >= 0.6 is 0 Å². The minimum absolute atomic E-state index is 0.0423. The van der Waals surface area contributed by atoms with Gasteiger partial charge in [0.2, 0.25) is 0 Å². The quantitative estimate of drug-likeness (QED) is 0.561. The summed E-state index contributed by atoms with van der Waals surface area (Å²) in [6.07, 6.45) is 6.96. The van der Waals surface area contributed by atoms with Crippen LogP contribution in [0.3, 0.4) is 0 Å². The summed E-state index contributed by atoms with van der Waals surface area (Å²) in [5, 5.41) is 0. The van der Waals surface area contributed by atoms with Crippen molar-refractivity contribution in [2.45, 2.75) is 38.5 Å². The molecule has 0 radical (unpaired) electrons. The van der Waals surface area contributed by atoms with E-state index < -0.39 is 0 Å². The lowest BCUT2D eigenvalue weighted by atomic mass is 9.61. The summed E-state index contributed by atoms with van der Waals surface area (Å²) in [5.41, 5.74) is -0.0660. The Labute approximate surface area is 73.3 Å². The first kappa shape index (κ1) is 8.09. The van der Waals surface area contributed by atoms with Crippen molar-refractivity contribution in [3.05, 3.63) is 0 Å². The molecule has 0 saturated heterocycles. The van der Waals surface area contributed by atoms with Crippen LogP contribution in [-0.4, -0.2) is 13.1 Å². The van der Waals surface area contributed by atoms with Gasteiger partial charge in [0.25, 0.3) is 0 Å². The van der Waals surface area contributed by atoms with Crippen LogP contribution < -0.4 is 0 Å². The molecule has 2 bridgehead atoms. The van der Waals surface area contributed by atoms with Gasteiger partial charge < -0.3 is 4.74 Å². The highest BCUT2D eigenvalue weighted by Gasteiger charge is 2.46. The minimum atomic E-state index is -0.0660. The highest BCUT2D eigenvalue weighted by Crippen LogP contribution is 2.50. The van der Waals surface area contributed by atoms with Gasteiger partial charge in [0.1, 0.15) is 0 Å². The molecule has 2 nitrogen and oxygen atoms in total. The van der Waals surface area contributed by atoms with Crippen LogP contribution in [0.5, 0.6) is 0 Å². The summed E-state index contributed by atoms with van der Waals surface area (Å²) < 4.78 is 4.87. The second-order valence-electron chi connectivity index (χ2n) is 4.25. The first-order valence-corrected chi connectivity index (χ1v) is 4.85. The van der Waals surface area contributed by atoms with Crippen molar-refractivity contribution in [1.29, 1.82) is 0 Å². The van der Waals surface area contributed by atoms with E-state index in [-0.39, 0.29) is 11.4 Å². The van der Waals surface area contributed by atoms with Crippen molar-refractivity contribution in [1.82, 2.24) is 0 Å². The molecule has 0 N–H and O–H groups in total. The van der Waals surface area contributed by atoms with Gasteiger partial charge in [0, 0.05) is 0 Å². The normalized spacial score (nSPS) is 39.6. The van der Waals surface area contributed by atoms with E-state index in [1.165, 1.54) is 26.4 Å². The smallest absolute Gasteiger partial charge is 0.311 e. The lowest BCUT2D eigenvalue weighted by molar-refractivity contribution is -0.159. The van der Waals surface area contributed by atoms with E-state index in [1.54, 1.807) is 0 Å². The first-order chi connectivity index (χ1) is 5.77. The molecule has 0 aromatic carbocycles. The van der Waals surface area contributed by atoms with E-state index in [0.717, 1.165) is 25.2 Å². The number of hydrogen-bond acceptors (Lipinski definition) is 2. The molecule has 3 fully saturated rings. The molecule has 0 spiro atoms. The van der Waals surface area contributed by atoms with E-state index in [9.17, 15) is 4.79 Å². The Morgan fingerprint density at radius 1 is 1.25 bits per heavy atom. The summed E-state index contributed by atoms with van der Waals surface area (Å²) in [7, 11) is 1.51. The van der Waals surface area contributed by atoms with Crippen molar-refractivity contribution in [3.8, 4) is 0 Å². The zero-order chi connectivity index (χ0) is 8.60. The Hall–Kier alpha value is -0.530. The SMILES string of the molecule is COC(=O)C12CCC(CC1)CC2. The maximum absolute atomic E-state index is 11.5. The van der Waals surface area contributed by atoms with Crippen LogP contribution in [-0.2, 0) is 9.53 Å². The molecule has 3 saturated carbocycles. The second kappa shape index (κ2) is 2.75. The number of methoxy groups -OCH3 is 1. The van der Waals surface area contributed by atoms with Crippen LogP contribution in [0.25, 0.3) is 0 Å². The third-order valence-electron chi connectivity index (χ3n) is 3.71. The molecule has 0 aliphatic heterocycles. The van der Waals surface area contributed by atoms with E-state index in [1.807, 2.05) is 0 Å². The Morgan fingerprint density at radius 2 is 1.75 bits per heavy atom. The summed E-state index contributed by atoms with van der Waals surface area (Å²) in [5.74, 6) is 0.956. The van der Waals surface area contributed by atoms with E-state index >= 15 is 0 Å². The van der Waals surface area contributed by atoms with Gasteiger partial charge in [-0.15, -0.1) is 0 Å². The van der Waals surface area contributed by atoms with Gasteiger partial charge in [-0.3, -0.25) is 4.79 Å². The van der Waals surface area contributed by atoms with Crippen LogP contribution in [0.1, 0.15) is 38.5 Å². The molecule has 0 unspecified atom stereocenters. The third-order valence-corrected chi connectivity index (χ3v) is 3.71. The van der Waals surface area contributed by atoms with Gasteiger partial charge in [0.05, 0.1) is 12.5 Å². The van der Waals surface area contributed by atoms with Crippen LogP contribution in [0.15, 0.2) is 0 Å².